The van der Waals surface area contributed by atoms with Crippen molar-refractivity contribution >= 4 is 16.3 Å². The minimum absolute atomic E-state index is 0.204. The molecule has 0 atom stereocenters. The molecular weight excluding hydrogens is 260 g/mol. The van der Waals surface area contributed by atoms with E-state index in [0.717, 1.165) is 11.3 Å². The number of aromatic nitrogens is 2. The molecule has 0 aliphatic carbocycles. The second kappa shape index (κ2) is 4.60. The van der Waals surface area contributed by atoms with Gasteiger partial charge in [-0.2, -0.15) is 0 Å². The SMILES string of the molecule is Cc1ccc(-c2csc3ncc(CO)c(=O)n23)cc1. The van der Waals surface area contributed by atoms with Crippen LogP contribution in [0.5, 0.6) is 0 Å². The largest absolute Gasteiger partial charge is 0.391 e. The average Bonchev–Trinajstić information content (AvgIpc) is 2.85. The lowest BCUT2D eigenvalue weighted by atomic mass is 10.1. The van der Waals surface area contributed by atoms with Gasteiger partial charge in [-0.3, -0.25) is 9.20 Å². The smallest absolute Gasteiger partial charge is 0.264 e. The van der Waals surface area contributed by atoms with E-state index in [0.29, 0.717) is 10.5 Å². The lowest BCUT2D eigenvalue weighted by Gasteiger charge is -2.03. The van der Waals surface area contributed by atoms with Crippen LogP contribution in [-0.4, -0.2) is 14.5 Å². The van der Waals surface area contributed by atoms with Gasteiger partial charge in [-0.25, -0.2) is 4.98 Å². The van der Waals surface area contributed by atoms with E-state index in [1.54, 1.807) is 4.40 Å². The summed E-state index contributed by atoms with van der Waals surface area (Å²) in [5.74, 6) is 0. The fourth-order valence-electron chi connectivity index (χ4n) is 1.96. The molecular formula is C14H12N2O2S. The van der Waals surface area contributed by atoms with Crippen LogP contribution < -0.4 is 5.56 Å². The quantitative estimate of drug-likeness (QED) is 0.778. The molecule has 3 aromatic rings. The molecule has 0 fully saturated rings. The van der Waals surface area contributed by atoms with Crippen LogP contribution in [0.3, 0.4) is 0 Å². The summed E-state index contributed by atoms with van der Waals surface area (Å²) in [6.07, 6.45) is 1.44. The predicted molar refractivity (Wildman–Crippen MR) is 75.4 cm³/mol. The van der Waals surface area contributed by atoms with Crippen molar-refractivity contribution in [2.24, 2.45) is 0 Å². The van der Waals surface area contributed by atoms with Crippen LogP contribution in [0.25, 0.3) is 16.2 Å². The number of benzene rings is 1. The molecule has 0 unspecified atom stereocenters. The first-order valence-corrected chi connectivity index (χ1v) is 6.74. The van der Waals surface area contributed by atoms with Crippen LogP contribution in [-0.2, 0) is 6.61 Å². The van der Waals surface area contributed by atoms with Crippen molar-refractivity contribution in [3.63, 3.8) is 0 Å². The first kappa shape index (κ1) is 12.1. The lowest BCUT2D eigenvalue weighted by Crippen LogP contribution is -2.18. The highest BCUT2D eigenvalue weighted by atomic mass is 32.1. The van der Waals surface area contributed by atoms with Gasteiger partial charge >= 0.3 is 0 Å². The molecule has 3 rings (SSSR count). The first-order valence-electron chi connectivity index (χ1n) is 5.87. The van der Waals surface area contributed by atoms with E-state index in [2.05, 4.69) is 4.98 Å². The van der Waals surface area contributed by atoms with Gasteiger partial charge in [0.25, 0.3) is 5.56 Å². The van der Waals surface area contributed by atoms with Crippen molar-refractivity contribution in [2.45, 2.75) is 13.5 Å². The Kier molecular flexibility index (Phi) is 2.93. The Labute approximate surface area is 113 Å². The number of thiazole rings is 1. The maximum absolute atomic E-state index is 12.3. The van der Waals surface area contributed by atoms with Gasteiger partial charge in [0, 0.05) is 11.6 Å². The van der Waals surface area contributed by atoms with Gasteiger partial charge in [0.2, 0.25) is 0 Å². The van der Waals surface area contributed by atoms with E-state index in [1.165, 1.54) is 23.1 Å². The number of aliphatic hydroxyl groups is 1. The Bertz CT molecular complexity index is 787. The maximum Gasteiger partial charge on any atom is 0.264 e. The number of hydrogen-bond donors (Lipinski definition) is 1. The van der Waals surface area contributed by atoms with Crippen molar-refractivity contribution < 1.29 is 5.11 Å². The van der Waals surface area contributed by atoms with Gasteiger partial charge in [-0.15, -0.1) is 11.3 Å². The van der Waals surface area contributed by atoms with Gasteiger partial charge < -0.3 is 5.11 Å². The van der Waals surface area contributed by atoms with Gasteiger partial charge in [-0.05, 0) is 12.5 Å². The minimum Gasteiger partial charge on any atom is -0.391 e. The molecule has 0 saturated carbocycles. The van der Waals surface area contributed by atoms with E-state index in [-0.39, 0.29) is 12.2 Å². The summed E-state index contributed by atoms with van der Waals surface area (Å²) < 4.78 is 1.56. The molecule has 96 valence electrons. The monoisotopic (exact) mass is 272 g/mol. The van der Waals surface area contributed by atoms with Crippen LogP contribution >= 0.6 is 11.3 Å². The summed E-state index contributed by atoms with van der Waals surface area (Å²) >= 11 is 1.42. The average molecular weight is 272 g/mol. The van der Waals surface area contributed by atoms with E-state index >= 15 is 0 Å². The zero-order valence-electron chi connectivity index (χ0n) is 10.3. The molecule has 0 aliphatic heterocycles. The Morgan fingerprint density at radius 2 is 2.05 bits per heavy atom. The highest BCUT2D eigenvalue weighted by Gasteiger charge is 2.11. The lowest BCUT2D eigenvalue weighted by molar-refractivity contribution is 0.279. The Hall–Kier alpha value is -1.98. The zero-order valence-corrected chi connectivity index (χ0v) is 11.1. The van der Waals surface area contributed by atoms with E-state index in [4.69, 9.17) is 5.11 Å². The molecule has 2 heterocycles. The molecule has 1 aromatic carbocycles. The number of rotatable bonds is 2. The van der Waals surface area contributed by atoms with Gasteiger partial charge in [0.1, 0.15) is 0 Å². The molecule has 0 aliphatic rings. The van der Waals surface area contributed by atoms with Crippen molar-refractivity contribution in [1.82, 2.24) is 9.38 Å². The molecule has 0 spiro atoms. The summed E-state index contributed by atoms with van der Waals surface area (Å²) in [7, 11) is 0. The fourth-order valence-corrected chi connectivity index (χ4v) is 2.82. The molecule has 0 bridgehead atoms. The van der Waals surface area contributed by atoms with Crippen molar-refractivity contribution in [3.8, 4) is 11.3 Å². The Balaban J connectivity index is 2.30. The molecule has 0 saturated heterocycles. The van der Waals surface area contributed by atoms with Crippen LogP contribution in [0, 0.1) is 6.92 Å². The first-order chi connectivity index (χ1) is 9.20. The summed E-state index contributed by atoms with van der Waals surface area (Å²) in [5.41, 5.74) is 3.06. The minimum atomic E-state index is -0.294. The number of hydrogen-bond acceptors (Lipinski definition) is 4. The standard InChI is InChI=1S/C14H12N2O2S/c1-9-2-4-10(5-3-9)12-8-19-14-15-6-11(7-17)13(18)16(12)14/h2-6,8,17H,7H2,1H3. The van der Waals surface area contributed by atoms with Crippen LogP contribution in [0.2, 0.25) is 0 Å². The molecule has 19 heavy (non-hydrogen) atoms. The molecule has 5 heteroatoms. The van der Waals surface area contributed by atoms with E-state index in [1.807, 2.05) is 36.6 Å². The number of aryl methyl sites for hydroxylation is 1. The third-order valence-corrected chi connectivity index (χ3v) is 3.87. The third kappa shape index (κ3) is 1.97. The topological polar surface area (TPSA) is 54.6 Å². The fraction of sp³-hybridized carbons (Fsp3) is 0.143. The number of nitrogens with zero attached hydrogens (tertiary/aromatic N) is 2. The van der Waals surface area contributed by atoms with Crippen LogP contribution in [0.4, 0.5) is 0 Å². The maximum atomic E-state index is 12.3. The van der Waals surface area contributed by atoms with E-state index < -0.39 is 0 Å². The summed E-state index contributed by atoms with van der Waals surface area (Å²) in [6.45, 7) is 1.73. The normalized spacial score (nSPS) is 11.1. The second-order valence-corrected chi connectivity index (χ2v) is 5.19. The molecule has 0 amide bonds. The highest BCUT2D eigenvalue weighted by molar-refractivity contribution is 7.15. The van der Waals surface area contributed by atoms with Gasteiger partial charge in [-0.1, -0.05) is 29.8 Å². The molecule has 4 nitrogen and oxygen atoms in total. The summed E-state index contributed by atoms with van der Waals surface area (Å²) in [6, 6.07) is 7.98. The zero-order chi connectivity index (χ0) is 13.4. The van der Waals surface area contributed by atoms with E-state index in [9.17, 15) is 4.79 Å². The molecule has 2 aromatic heterocycles. The number of fused-ring (bicyclic) bond motifs is 1. The second-order valence-electron chi connectivity index (χ2n) is 4.35. The van der Waals surface area contributed by atoms with Crippen LogP contribution in [0.15, 0.2) is 40.6 Å². The van der Waals surface area contributed by atoms with Gasteiger partial charge in [0.15, 0.2) is 4.96 Å². The Morgan fingerprint density at radius 1 is 1.32 bits per heavy atom. The van der Waals surface area contributed by atoms with Crippen molar-refractivity contribution in [1.29, 1.82) is 0 Å². The number of aliphatic hydroxyl groups excluding tert-OH is 1. The summed E-state index contributed by atoms with van der Waals surface area (Å²) in [5, 5.41) is 11.1. The van der Waals surface area contributed by atoms with Crippen molar-refractivity contribution in [3.05, 3.63) is 57.3 Å². The highest BCUT2D eigenvalue weighted by Crippen LogP contribution is 2.24. The third-order valence-electron chi connectivity index (χ3n) is 3.03. The summed E-state index contributed by atoms with van der Waals surface area (Å²) in [4.78, 5) is 17.1. The van der Waals surface area contributed by atoms with Crippen molar-refractivity contribution in [2.75, 3.05) is 0 Å². The van der Waals surface area contributed by atoms with Crippen LogP contribution in [0.1, 0.15) is 11.1 Å². The predicted octanol–water partition coefficient (Wildman–Crippen LogP) is 2.22. The molecule has 1 N–H and O–H groups in total. The molecule has 0 radical (unpaired) electrons. The van der Waals surface area contributed by atoms with Gasteiger partial charge in [0.05, 0.1) is 17.9 Å². The Morgan fingerprint density at radius 3 is 2.74 bits per heavy atom.